The van der Waals surface area contributed by atoms with Crippen molar-refractivity contribution in [1.29, 1.82) is 0 Å². The maximum Gasteiger partial charge on any atom is 0.289 e. The molecule has 1 saturated heterocycles. The standard InChI is InChI=1S/C14H16N4O2S/c19-13(11-2-1-9-20-11)17-5-7-18(8-6-17)14-15-12(16-21-14)10-3-4-10/h1-2,9-10H,3-8H2. The summed E-state index contributed by atoms with van der Waals surface area (Å²) in [6, 6.07) is 3.45. The molecule has 7 heteroatoms. The van der Waals surface area contributed by atoms with Gasteiger partial charge in [-0.3, -0.25) is 4.79 Å². The van der Waals surface area contributed by atoms with Gasteiger partial charge in [0.1, 0.15) is 5.82 Å². The molecule has 0 unspecified atom stereocenters. The van der Waals surface area contributed by atoms with Crippen LogP contribution in [0.2, 0.25) is 0 Å². The normalized spacial score (nSPS) is 19.0. The highest BCUT2D eigenvalue weighted by Gasteiger charge is 2.30. The smallest absolute Gasteiger partial charge is 0.289 e. The minimum Gasteiger partial charge on any atom is -0.459 e. The van der Waals surface area contributed by atoms with Crippen molar-refractivity contribution in [1.82, 2.24) is 14.3 Å². The molecule has 1 amide bonds. The second-order valence-corrected chi connectivity index (χ2v) is 6.20. The van der Waals surface area contributed by atoms with E-state index in [1.165, 1.54) is 30.6 Å². The van der Waals surface area contributed by atoms with Crippen molar-refractivity contribution in [2.75, 3.05) is 31.1 Å². The van der Waals surface area contributed by atoms with Crippen molar-refractivity contribution in [3.8, 4) is 0 Å². The van der Waals surface area contributed by atoms with Gasteiger partial charge in [0.25, 0.3) is 5.91 Å². The van der Waals surface area contributed by atoms with Gasteiger partial charge in [-0.05, 0) is 25.0 Å². The summed E-state index contributed by atoms with van der Waals surface area (Å²) in [6.07, 6.45) is 3.98. The Balaban J connectivity index is 1.38. The summed E-state index contributed by atoms with van der Waals surface area (Å²) in [4.78, 5) is 20.9. The van der Waals surface area contributed by atoms with E-state index < -0.39 is 0 Å². The molecule has 0 spiro atoms. The van der Waals surface area contributed by atoms with Crippen LogP contribution >= 0.6 is 11.5 Å². The van der Waals surface area contributed by atoms with Gasteiger partial charge in [0.15, 0.2) is 5.76 Å². The van der Waals surface area contributed by atoms with E-state index in [0.29, 0.717) is 24.8 Å². The highest BCUT2D eigenvalue weighted by Crippen LogP contribution is 2.39. The lowest BCUT2D eigenvalue weighted by Gasteiger charge is -2.33. The van der Waals surface area contributed by atoms with Crippen LogP contribution in [0.15, 0.2) is 22.8 Å². The van der Waals surface area contributed by atoms with Crippen molar-refractivity contribution in [2.24, 2.45) is 0 Å². The number of hydrogen-bond acceptors (Lipinski definition) is 6. The van der Waals surface area contributed by atoms with Crippen LogP contribution in [0, 0.1) is 0 Å². The average Bonchev–Trinajstić information content (AvgIpc) is 3.05. The maximum absolute atomic E-state index is 12.2. The van der Waals surface area contributed by atoms with E-state index in [9.17, 15) is 4.79 Å². The highest BCUT2D eigenvalue weighted by molar-refractivity contribution is 7.09. The lowest BCUT2D eigenvalue weighted by atomic mass is 10.3. The molecule has 4 rings (SSSR count). The Bertz CT molecular complexity index is 627. The third kappa shape index (κ3) is 2.53. The number of anilines is 1. The number of aromatic nitrogens is 2. The number of piperazine rings is 1. The Labute approximate surface area is 126 Å². The summed E-state index contributed by atoms with van der Waals surface area (Å²) >= 11 is 1.47. The largest absolute Gasteiger partial charge is 0.459 e. The van der Waals surface area contributed by atoms with Crippen LogP contribution in [-0.4, -0.2) is 46.3 Å². The third-order valence-electron chi connectivity index (χ3n) is 3.94. The Morgan fingerprint density at radius 2 is 2.10 bits per heavy atom. The first-order valence-corrected chi connectivity index (χ1v) is 8.00. The van der Waals surface area contributed by atoms with Gasteiger partial charge in [0.05, 0.1) is 6.26 Å². The van der Waals surface area contributed by atoms with Crippen molar-refractivity contribution in [3.63, 3.8) is 0 Å². The van der Waals surface area contributed by atoms with Crippen LogP contribution in [0.5, 0.6) is 0 Å². The lowest BCUT2D eigenvalue weighted by molar-refractivity contribution is 0.0714. The summed E-state index contributed by atoms with van der Waals surface area (Å²) < 4.78 is 9.61. The van der Waals surface area contributed by atoms with Gasteiger partial charge >= 0.3 is 0 Å². The number of rotatable bonds is 3. The highest BCUT2D eigenvalue weighted by atomic mass is 32.1. The molecule has 1 aliphatic carbocycles. The van der Waals surface area contributed by atoms with Gasteiger partial charge < -0.3 is 14.2 Å². The first kappa shape index (κ1) is 12.8. The van der Waals surface area contributed by atoms with E-state index in [2.05, 4.69) is 14.3 Å². The molecule has 0 aromatic carbocycles. The molecule has 110 valence electrons. The zero-order chi connectivity index (χ0) is 14.2. The van der Waals surface area contributed by atoms with Crippen LogP contribution in [0.3, 0.4) is 0 Å². The van der Waals surface area contributed by atoms with E-state index in [1.54, 1.807) is 12.1 Å². The van der Waals surface area contributed by atoms with Crippen molar-refractivity contribution < 1.29 is 9.21 Å². The number of carbonyl (C=O) groups excluding carboxylic acids is 1. The molecule has 0 N–H and O–H groups in total. The van der Waals surface area contributed by atoms with Crippen LogP contribution in [0.1, 0.15) is 35.1 Å². The molecule has 1 aliphatic heterocycles. The molecule has 2 fully saturated rings. The lowest BCUT2D eigenvalue weighted by Crippen LogP contribution is -2.48. The predicted molar refractivity (Wildman–Crippen MR) is 78.7 cm³/mol. The second-order valence-electron chi connectivity index (χ2n) is 5.47. The quantitative estimate of drug-likeness (QED) is 0.867. The number of carbonyl (C=O) groups is 1. The van der Waals surface area contributed by atoms with Crippen molar-refractivity contribution in [2.45, 2.75) is 18.8 Å². The number of furan rings is 1. The van der Waals surface area contributed by atoms with Crippen LogP contribution in [0.25, 0.3) is 0 Å². The second kappa shape index (κ2) is 5.14. The summed E-state index contributed by atoms with van der Waals surface area (Å²) in [5.74, 6) is 1.98. The van der Waals surface area contributed by atoms with Gasteiger partial charge in [0, 0.05) is 43.6 Å². The molecule has 0 radical (unpaired) electrons. The molecule has 21 heavy (non-hydrogen) atoms. The molecular weight excluding hydrogens is 288 g/mol. The summed E-state index contributed by atoms with van der Waals surface area (Å²) in [6.45, 7) is 2.98. The summed E-state index contributed by atoms with van der Waals surface area (Å²) in [5, 5.41) is 0.988. The predicted octanol–water partition coefficient (Wildman–Crippen LogP) is 1.97. The number of nitrogens with zero attached hydrogens (tertiary/aromatic N) is 4. The van der Waals surface area contributed by atoms with Crippen LogP contribution in [-0.2, 0) is 0 Å². The molecule has 2 aromatic heterocycles. The van der Waals surface area contributed by atoms with Gasteiger partial charge in [0.2, 0.25) is 5.13 Å². The zero-order valence-corrected chi connectivity index (χ0v) is 12.4. The van der Waals surface area contributed by atoms with E-state index in [4.69, 9.17) is 4.42 Å². The fourth-order valence-electron chi connectivity index (χ4n) is 2.52. The van der Waals surface area contributed by atoms with Gasteiger partial charge in [-0.1, -0.05) is 0 Å². The van der Waals surface area contributed by atoms with E-state index >= 15 is 0 Å². The molecular formula is C14H16N4O2S. The third-order valence-corrected chi connectivity index (χ3v) is 4.73. The average molecular weight is 304 g/mol. The molecule has 2 aromatic rings. The Morgan fingerprint density at radius 1 is 1.29 bits per heavy atom. The van der Waals surface area contributed by atoms with Crippen LogP contribution < -0.4 is 4.90 Å². The molecule has 1 saturated carbocycles. The Hall–Kier alpha value is -1.89. The summed E-state index contributed by atoms with van der Waals surface area (Å²) in [5.41, 5.74) is 0. The zero-order valence-electron chi connectivity index (χ0n) is 11.6. The fourth-order valence-corrected chi connectivity index (χ4v) is 3.32. The minimum atomic E-state index is -0.0319. The van der Waals surface area contributed by atoms with Gasteiger partial charge in [-0.15, -0.1) is 0 Å². The monoisotopic (exact) mass is 304 g/mol. The van der Waals surface area contributed by atoms with Gasteiger partial charge in [-0.25, -0.2) is 4.98 Å². The van der Waals surface area contributed by atoms with E-state index in [-0.39, 0.29) is 5.91 Å². The van der Waals surface area contributed by atoms with E-state index in [1.807, 2.05) is 4.90 Å². The molecule has 6 nitrogen and oxygen atoms in total. The van der Waals surface area contributed by atoms with Gasteiger partial charge in [-0.2, -0.15) is 4.37 Å². The van der Waals surface area contributed by atoms with Crippen molar-refractivity contribution >= 4 is 22.6 Å². The van der Waals surface area contributed by atoms with E-state index in [0.717, 1.165) is 24.0 Å². The number of hydrogen-bond donors (Lipinski definition) is 0. The first-order chi connectivity index (χ1) is 10.3. The molecule has 3 heterocycles. The first-order valence-electron chi connectivity index (χ1n) is 7.22. The van der Waals surface area contributed by atoms with Crippen molar-refractivity contribution in [3.05, 3.63) is 30.0 Å². The summed E-state index contributed by atoms with van der Waals surface area (Å²) in [7, 11) is 0. The SMILES string of the molecule is O=C(c1ccco1)N1CCN(c2nc(C3CC3)ns2)CC1. The molecule has 2 aliphatic rings. The Morgan fingerprint density at radius 3 is 2.76 bits per heavy atom. The Kier molecular flexibility index (Phi) is 3.14. The number of amides is 1. The minimum absolute atomic E-state index is 0.0319. The van der Waals surface area contributed by atoms with Crippen LogP contribution in [0.4, 0.5) is 5.13 Å². The maximum atomic E-state index is 12.2. The topological polar surface area (TPSA) is 62.5 Å². The molecule has 0 atom stereocenters. The molecule has 0 bridgehead atoms. The fraction of sp³-hybridized carbons (Fsp3) is 0.500.